The van der Waals surface area contributed by atoms with Gasteiger partial charge in [-0.25, -0.2) is 8.42 Å². The van der Waals surface area contributed by atoms with E-state index >= 15 is 0 Å². The number of sulfonamides is 1. The number of amides is 1. The summed E-state index contributed by atoms with van der Waals surface area (Å²) in [5, 5.41) is 2.89. The number of benzene rings is 3. The van der Waals surface area contributed by atoms with Gasteiger partial charge in [0.2, 0.25) is 0 Å². The van der Waals surface area contributed by atoms with Gasteiger partial charge in [-0.15, -0.1) is 0 Å². The number of methoxy groups -OCH3 is 1. The van der Waals surface area contributed by atoms with E-state index < -0.39 is 22.0 Å². The molecular formula is C24H24N2O5S. The maximum Gasteiger partial charge on any atom is 0.267 e. The fraction of sp³-hybridized carbons (Fsp3) is 0.208. The van der Waals surface area contributed by atoms with Crippen LogP contribution in [-0.2, 0) is 21.2 Å². The van der Waals surface area contributed by atoms with Gasteiger partial charge in [-0.3, -0.25) is 9.10 Å². The van der Waals surface area contributed by atoms with Gasteiger partial charge in [0.1, 0.15) is 11.5 Å². The highest BCUT2D eigenvalue weighted by molar-refractivity contribution is 7.92. The van der Waals surface area contributed by atoms with Gasteiger partial charge in [0, 0.05) is 5.69 Å². The van der Waals surface area contributed by atoms with Crippen molar-refractivity contribution in [3.63, 3.8) is 0 Å². The highest BCUT2D eigenvalue weighted by Gasteiger charge is 2.37. The number of aryl methyl sites for hydroxylation is 1. The lowest BCUT2D eigenvalue weighted by molar-refractivity contribution is -0.122. The van der Waals surface area contributed by atoms with Crippen LogP contribution in [-0.4, -0.2) is 34.1 Å². The Morgan fingerprint density at radius 1 is 1.06 bits per heavy atom. The molecule has 1 heterocycles. The Kier molecular flexibility index (Phi) is 6.05. The number of anilines is 2. The molecule has 3 aromatic carbocycles. The number of hydrogen-bond acceptors (Lipinski definition) is 5. The largest absolute Gasteiger partial charge is 0.497 e. The van der Waals surface area contributed by atoms with Gasteiger partial charge in [0.15, 0.2) is 6.10 Å². The summed E-state index contributed by atoms with van der Waals surface area (Å²) in [6.45, 7) is 1.85. The van der Waals surface area contributed by atoms with Crippen LogP contribution >= 0.6 is 0 Å². The molecule has 0 fully saturated rings. The predicted molar refractivity (Wildman–Crippen MR) is 123 cm³/mol. The van der Waals surface area contributed by atoms with Gasteiger partial charge in [0.25, 0.3) is 15.9 Å². The van der Waals surface area contributed by atoms with Crippen molar-refractivity contribution >= 4 is 27.3 Å². The highest BCUT2D eigenvalue weighted by atomic mass is 32.2. The summed E-state index contributed by atoms with van der Waals surface area (Å²) in [6.07, 6.45) is -0.259. The van der Waals surface area contributed by atoms with Crippen molar-refractivity contribution in [3.8, 4) is 11.5 Å². The molecule has 0 radical (unpaired) electrons. The normalized spacial score (nSPS) is 15.4. The van der Waals surface area contributed by atoms with E-state index in [1.165, 1.54) is 23.5 Å². The Morgan fingerprint density at radius 3 is 2.47 bits per heavy atom. The van der Waals surface area contributed by atoms with Crippen molar-refractivity contribution in [2.75, 3.05) is 23.3 Å². The minimum atomic E-state index is -3.93. The van der Waals surface area contributed by atoms with Crippen molar-refractivity contribution in [2.45, 2.75) is 24.3 Å². The van der Waals surface area contributed by atoms with E-state index in [9.17, 15) is 13.2 Å². The summed E-state index contributed by atoms with van der Waals surface area (Å²) in [5.74, 6) is 0.480. The first-order valence-electron chi connectivity index (χ1n) is 10.2. The molecule has 4 rings (SSSR count). The van der Waals surface area contributed by atoms with Crippen LogP contribution in [0.2, 0.25) is 0 Å². The fourth-order valence-electron chi connectivity index (χ4n) is 3.61. The first-order chi connectivity index (χ1) is 15.4. The molecule has 1 amide bonds. The molecule has 0 saturated carbocycles. The average molecular weight is 453 g/mol. The Morgan fingerprint density at radius 2 is 1.75 bits per heavy atom. The summed E-state index contributed by atoms with van der Waals surface area (Å²) in [6, 6.07) is 20.4. The van der Waals surface area contributed by atoms with Crippen LogP contribution in [0, 0.1) is 0 Å². The van der Waals surface area contributed by atoms with Gasteiger partial charge in [-0.2, -0.15) is 0 Å². The molecule has 1 aliphatic heterocycles. The second-order valence-electron chi connectivity index (χ2n) is 7.29. The maximum absolute atomic E-state index is 13.5. The number of ether oxygens (including phenoxy) is 2. The zero-order chi connectivity index (χ0) is 22.7. The molecule has 0 unspecified atom stereocenters. The minimum Gasteiger partial charge on any atom is -0.497 e. The molecule has 1 atom stereocenters. The second-order valence-corrected chi connectivity index (χ2v) is 9.15. The van der Waals surface area contributed by atoms with E-state index in [1.54, 1.807) is 36.4 Å². The topological polar surface area (TPSA) is 84.9 Å². The van der Waals surface area contributed by atoms with E-state index in [1.807, 2.05) is 31.2 Å². The maximum atomic E-state index is 13.5. The van der Waals surface area contributed by atoms with E-state index in [2.05, 4.69) is 5.32 Å². The van der Waals surface area contributed by atoms with Gasteiger partial charge in [0.05, 0.1) is 24.2 Å². The number of carbonyl (C=O) groups excluding carboxylic acids is 1. The standard InChI is InChI=1S/C24H24N2O5S/c1-3-17-8-4-5-9-20(17)25-24(27)23-16-26(21-10-6-7-11-22(21)31-23)32(28,29)19-14-12-18(30-2)13-15-19/h4-15,23H,3,16H2,1-2H3,(H,25,27)/t23-/m0/s1. The van der Waals surface area contributed by atoms with Crippen LogP contribution in [0.1, 0.15) is 12.5 Å². The summed E-state index contributed by atoms with van der Waals surface area (Å²) in [5.41, 5.74) is 2.06. The van der Waals surface area contributed by atoms with Gasteiger partial charge < -0.3 is 14.8 Å². The Balaban J connectivity index is 1.66. The van der Waals surface area contributed by atoms with E-state index in [4.69, 9.17) is 9.47 Å². The van der Waals surface area contributed by atoms with Gasteiger partial charge >= 0.3 is 0 Å². The number of fused-ring (bicyclic) bond motifs is 1. The molecule has 0 saturated heterocycles. The van der Waals surface area contributed by atoms with E-state index in [0.29, 0.717) is 22.9 Å². The molecule has 0 spiro atoms. The van der Waals surface area contributed by atoms with Crippen molar-refractivity contribution in [2.24, 2.45) is 0 Å². The zero-order valence-corrected chi connectivity index (χ0v) is 18.6. The summed E-state index contributed by atoms with van der Waals surface area (Å²) < 4.78 is 39.2. The van der Waals surface area contributed by atoms with Crippen molar-refractivity contribution in [1.29, 1.82) is 0 Å². The Labute approximate surface area is 187 Å². The quantitative estimate of drug-likeness (QED) is 0.614. The fourth-order valence-corrected chi connectivity index (χ4v) is 5.08. The second kappa shape index (κ2) is 8.92. The molecule has 3 aromatic rings. The Bertz CT molecular complexity index is 1230. The number of nitrogens with zero attached hydrogens (tertiary/aromatic N) is 1. The molecule has 1 N–H and O–H groups in total. The van der Waals surface area contributed by atoms with Crippen molar-refractivity contribution < 1.29 is 22.7 Å². The third-order valence-electron chi connectivity index (χ3n) is 5.33. The van der Waals surface area contributed by atoms with Crippen LogP contribution in [0.15, 0.2) is 77.7 Å². The Hall–Kier alpha value is -3.52. The van der Waals surface area contributed by atoms with E-state index in [0.717, 1.165) is 12.0 Å². The van der Waals surface area contributed by atoms with Crippen LogP contribution in [0.3, 0.4) is 0 Å². The molecular weight excluding hydrogens is 428 g/mol. The van der Waals surface area contributed by atoms with Gasteiger partial charge in [-0.05, 0) is 54.4 Å². The van der Waals surface area contributed by atoms with Crippen LogP contribution < -0.4 is 19.1 Å². The molecule has 7 nitrogen and oxygen atoms in total. The number of para-hydroxylation sites is 3. The summed E-state index contributed by atoms with van der Waals surface area (Å²) in [4.78, 5) is 13.2. The first kappa shape index (κ1) is 21.7. The molecule has 1 aliphatic rings. The molecule has 166 valence electrons. The minimum absolute atomic E-state index is 0.102. The monoisotopic (exact) mass is 452 g/mol. The number of rotatable bonds is 6. The lowest BCUT2D eigenvalue weighted by Gasteiger charge is -2.34. The van der Waals surface area contributed by atoms with Crippen LogP contribution in [0.4, 0.5) is 11.4 Å². The number of nitrogens with one attached hydrogen (secondary N) is 1. The lowest BCUT2D eigenvalue weighted by atomic mass is 10.1. The molecule has 8 heteroatoms. The molecule has 0 bridgehead atoms. The summed E-state index contributed by atoms with van der Waals surface area (Å²) in [7, 11) is -2.42. The van der Waals surface area contributed by atoms with E-state index in [-0.39, 0.29) is 11.4 Å². The first-order valence-corrected chi connectivity index (χ1v) is 11.7. The van der Waals surface area contributed by atoms with Crippen LogP contribution in [0.5, 0.6) is 11.5 Å². The van der Waals surface area contributed by atoms with Gasteiger partial charge in [-0.1, -0.05) is 37.3 Å². The number of hydrogen-bond donors (Lipinski definition) is 1. The average Bonchev–Trinajstić information content (AvgIpc) is 2.83. The zero-order valence-electron chi connectivity index (χ0n) is 17.8. The van der Waals surface area contributed by atoms with Crippen molar-refractivity contribution in [3.05, 3.63) is 78.4 Å². The molecule has 0 aliphatic carbocycles. The third kappa shape index (κ3) is 4.13. The molecule has 0 aromatic heterocycles. The smallest absolute Gasteiger partial charge is 0.267 e. The summed E-state index contributed by atoms with van der Waals surface area (Å²) >= 11 is 0. The highest BCUT2D eigenvalue weighted by Crippen LogP contribution is 2.37. The molecule has 32 heavy (non-hydrogen) atoms. The third-order valence-corrected chi connectivity index (χ3v) is 7.12. The number of carbonyl (C=O) groups is 1. The predicted octanol–water partition coefficient (Wildman–Crippen LogP) is 3.85. The van der Waals surface area contributed by atoms with Crippen molar-refractivity contribution in [1.82, 2.24) is 0 Å². The lowest BCUT2D eigenvalue weighted by Crippen LogP contribution is -2.48. The van der Waals surface area contributed by atoms with Crippen LogP contribution in [0.25, 0.3) is 0 Å². The SMILES string of the molecule is CCc1ccccc1NC(=O)[C@@H]1CN(S(=O)(=O)c2ccc(OC)cc2)c2ccccc2O1.